The Morgan fingerprint density at radius 1 is 1.00 bits per heavy atom. The third-order valence-electron chi connectivity index (χ3n) is 3.19. The molecule has 4 nitrogen and oxygen atoms in total. The second kappa shape index (κ2) is 8.70. The zero-order chi connectivity index (χ0) is 16.7. The molecule has 2 amide bonds. The number of benzene rings is 2. The number of hydrogen-bond acceptors (Lipinski definition) is 2. The molecule has 0 aliphatic heterocycles. The van der Waals surface area contributed by atoms with Crippen LogP contribution in [0.25, 0.3) is 0 Å². The van der Waals surface area contributed by atoms with E-state index in [1.54, 1.807) is 24.3 Å². The summed E-state index contributed by atoms with van der Waals surface area (Å²) in [4.78, 5) is 23.8. The van der Waals surface area contributed by atoms with Crippen LogP contribution in [0.5, 0.6) is 0 Å². The molecule has 0 spiro atoms. The molecule has 0 aromatic heterocycles. The van der Waals surface area contributed by atoms with Crippen LogP contribution in [-0.4, -0.2) is 18.4 Å². The van der Waals surface area contributed by atoms with Crippen molar-refractivity contribution in [2.24, 2.45) is 0 Å². The number of nitrogens with one attached hydrogen (secondary N) is 2. The summed E-state index contributed by atoms with van der Waals surface area (Å²) in [5, 5.41) is 6.13. The van der Waals surface area contributed by atoms with Crippen molar-refractivity contribution in [3.63, 3.8) is 0 Å². The average Bonchev–Trinajstić information content (AvgIpc) is 2.54. The first kappa shape index (κ1) is 17.5. The van der Waals surface area contributed by atoms with Crippen LogP contribution < -0.4 is 10.6 Å². The smallest absolute Gasteiger partial charge is 0.252 e. The third-order valence-corrected chi connectivity index (χ3v) is 4.25. The van der Waals surface area contributed by atoms with E-state index in [0.29, 0.717) is 17.1 Å². The minimum atomic E-state index is -0.212. The summed E-state index contributed by atoms with van der Waals surface area (Å²) in [6.45, 7) is 0.644. The fourth-order valence-electron chi connectivity index (χ4n) is 1.95. The molecule has 0 fully saturated rings. The Kier molecular flexibility index (Phi) is 6.62. The number of halogens is 2. The molecule has 0 aliphatic carbocycles. The fraction of sp³-hybridized carbons (Fsp3) is 0.176. The van der Waals surface area contributed by atoms with Crippen LogP contribution in [0.3, 0.4) is 0 Å². The average molecular weight is 396 g/mol. The van der Waals surface area contributed by atoms with Crippen LogP contribution in [-0.2, 0) is 11.3 Å². The Morgan fingerprint density at radius 3 is 2.43 bits per heavy atom. The van der Waals surface area contributed by atoms with E-state index in [4.69, 9.17) is 11.6 Å². The molecule has 23 heavy (non-hydrogen) atoms. The lowest BCUT2D eigenvalue weighted by Crippen LogP contribution is -2.30. The normalized spacial score (nSPS) is 10.2. The first-order valence-corrected chi connectivity index (χ1v) is 8.28. The highest BCUT2D eigenvalue weighted by Gasteiger charge is 2.09. The predicted octanol–water partition coefficient (Wildman–Crippen LogP) is 3.54. The van der Waals surface area contributed by atoms with Crippen LogP contribution in [0, 0.1) is 0 Å². The van der Waals surface area contributed by atoms with Crippen LogP contribution in [0.4, 0.5) is 0 Å². The van der Waals surface area contributed by atoms with E-state index >= 15 is 0 Å². The molecule has 0 bridgehead atoms. The topological polar surface area (TPSA) is 58.2 Å². The number of carbonyl (C=O) groups is 2. The Hall–Kier alpha value is -1.85. The van der Waals surface area contributed by atoms with E-state index in [-0.39, 0.29) is 24.8 Å². The highest BCUT2D eigenvalue weighted by molar-refractivity contribution is 9.10. The Balaban J connectivity index is 1.74. The van der Waals surface area contributed by atoms with Gasteiger partial charge in [-0.1, -0.05) is 41.9 Å². The number of hydrogen-bond donors (Lipinski definition) is 2. The summed E-state index contributed by atoms with van der Waals surface area (Å²) >= 11 is 9.35. The molecule has 0 saturated heterocycles. The van der Waals surface area contributed by atoms with Gasteiger partial charge in [0.1, 0.15) is 0 Å². The highest BCUT2D eigenvalue weighted by Crippen LogP contribution is 2.15. The zero-order valence-corrected chi connectivity index (χ0v) is 14.7. The van der Waals surface area contributed by atoms with Gasteiger partial charge < -0.3 is 10.6 Å². The van der Waals surface area contributed by atoms with Crippen molar-refractivity contribution >= 4 is 39.3 Å². The van der Waals surface area contributed by atoms with Crippen LogP contribution in [0.15, 0.2) is 53.0 Å². The summed E-state index contributed by atoms with van der Waals surface area (Å²) < 4.78 is 0.723. The second-order valence-corrected chi connectivity index (χ2v) is 6.12. The summed E-state index contributed by atoms with van der Waals surface area (Å²) in [6, 6.07) is 14.5. The molecule has 0 unspecified atom stereocenters. The van der Waals surface area contributed by atoms with Gasteiger partial charge in [0.2, 0.25) is 5.91 Å². The molecule has 2 aromatic carbocycles. The van der Waals surface area contributed by atoms with Gasteiger partial charge in [-0.05, 0) is 39.7 Å². The van der Waals surface area contributed by atoms with E-state index in [2.05, 4.69) is 26.6 Å². The van der Waals surface area contributed by atoms with Crippen molar-refractivity contribution in [1.29, 1.82) is 0 Å². The van der Waals surface area contributed by atoms with Crippen molar-refractivity contribution in [3.8, 4) is 0 Å². The van der Waals surface area contributed by atoms with E-state index in [9.17, 15) is 9.59 Å². The van der Waals surface area contributed by atoms with Gasteiger partial charge in [0.25, 0.3) is 5.91 Å². The summed E-state index contributed by atoms with van der Waals surface area (Å²) in [7, 11) is 0. The molecule has 0 aliphatic rings. The first-order valence-electron chi connectivity index (χ1n) is 7.11. The van der Waals surface area contributed by atoms with E-state index in [1.165, 1.54) is 0 Å². The number of rotatable bonds is 6. The first-order chi connectivity index (χ1) is 11.1. The van der Waals surface area contributed by atoms with E-state index in [0.717, 1.165) is 10.0 Å². The third kappa shape index (κ3) is 5.37. The molecule has 6 heteroatoms. The van der Waals surface area contributed by atoms with Crippen molar-refractivity contribution in [2.45, 2.75) is 13.0 Å². The molecular formula is C17H16BrClN2O2. The standard InChI is InChI=1S/C17H16BrClN2O2/c18-14-7-3-2-6-13(14)17(23)20-10-9-16(22)21-11-12-5-1-4-8-15(12)19/h1-8H,9-11H2,(H,20,23)(H,21,22). The van der Waals surface area contributed by atoms with E-state index < -0.39 is 0 Å². The molecule has 0 atom stereocenters. The van der Waals surface area contributed by atoms with Gasteiger partial charge in [0.15, 0.2) is 0 Å². The maximum absolute atomic E-state index is 12.0. The lowest BCUT2D eigenvalue weighted by atomic mass is 10.2. The molecule has 2 N–H and O–H groups in total. The van der Waals surface area contributed by atoms with Crippen LogP contribution >= 0.6 is 27.5 Å². The SMILES string of the molecule is O=C(CCNC(=O)c1ccccc1Br)NCc1ccccc1Cl. The maximum Gasteiger partial charge on any atom is 0.252 e. The van der Waals surface area contributed by atoms with Crippen LogP contribution in [0.2, 0.25) is 5.02 Å². The lowest BCUT2D eigenvalue weighted by Gasteiger charge is -2.08. The molecule has 0 radical (unpaired) electrons. The van der Waals surface area contributed by atoms with Crippen molar-refractivity contribution in [1.82, 2.24) is 10.6 Å². The summed E-state index contributed by atoms with van der Waals surface area (Å²) in [5.74, 6) is -0.353. The summed E-state index contributed by atoms with van der Waals surface area (Å²) in [5.41, 5.74) is 1.41. The van der Waals surface area contributed by atoms with Gasteiger partial charge in [0, 0.05) is 29.0 Å². The molecular weight excluding hydrogens is 380 g/mol. The molecule has 0 heterocycles. The fourth-order valence-corrected chi connectivity index (χ4v) is 2.62. The lowest BCUT2D eigenvalue weighted by molar-refractivity contribution is -0.121. The highest BCUT2D eigenvalue weighted by atomic mass is 79.9. The minimum Gasteiger partial charge on any atom is -0.352 e. The molecule has 2 aromatic rings. The van der Waals surface area contributed by atoms with E-state index in [1.807, 2.05) is 24.3 Å². The second-order valence-electron chi connectivity index (χ2n) is 4.85. The van der Waals surface area contributed by atoms with Gasteiger partial charge in [0.05, 0.1) is 5.56 Å². The Labute approximate surface area is 148 Å². The number of carbonyl (C=O) groups excluding carboxylic acids is 2. The van der Waals surface area contributed by atoms with Gasteiger partial charge in [-0.15, -0.1) is 0 Å². The van der Waals surface area contributed by atoms with Crippen molar-refractivity contribution in [2.75, 3.05) is 6.54 Å². The molecule has 2 rings (SSSR count). The van der Waals surface area contributed by atoms with Gasteiger partial charge in [-0.3, -0.25) is 9.59 Å². The Bertz CT molecular complexity index is 706. The monoisotopic (exact) mass is 394 g/mol. The van der Waals surface area contributed by atoms with Crippen molar-refractivity contribution in [3.05, 3.63) is 69.2 Å². The minimum absolute atomic E-state index is 0.141. The summed E-state index contributed by atoms with van der Waals surface area (Å²) in [6.07, 6.45) is 0.209. The zero-order valence-electron chi connectivity index (χ0n) is 12.3. The quantitative estimate of drug-likeness (QED) is 0.786. The number of amides is 2. The largest absolute Gasteiger partial charge is 0.352 e. The maximum atomic E-state index is 12.0. The Morgan fingerprint density at radius 2 is 1.70 bits per heavy atom. The van der Waals surface area contributed by atoms with Crippen LogP contribution in [0.1, 0.15) is 22.3 Å². The predicted molar refractivity (Wildman–Crippen MR) is 94.4 cm³/mol. The van der Waals surface area contributed by atoms with Gasteiger partial charge in [-0.25, -0.2) is 0 Å². The molecule has 0 saturated carbocycles. The van der Waals surface area contributed by atoms with Crippen molar-refractivity contribution < 1.29 is 9.59 Å². The van der Waals surface area contributed by atoms with Gasteiger partial charge >= 0.3 is 0 Å². The molecule has 120 valence electrons. The van der Waals surface area contributed by atoms with Gasteiger partial charge in [-0.2, -0.15) is 0 Å².